The van der Waals surface area contributed by atoms with Crippen LogP contribution in [-0.2, 0) is 4.79 Å². The molecule has 0 saturated heterocycles. The second kappa shape index (κ2) is 2.95. The van der Waals surface area contributed by atoms with E-state index in [1.165, 1.54) is 11.0 Å². The van der Waals surface area contributed by atoms with Crippen LogP contribution in [0.5, 0.6) is 0 Å². The molecule has 10 heavy (non-hydrogen) atoms. The summed E-state index contributed by atoms with van der Waals surface area (Å²) < 4.78 is 0. The number of hydrogen-bond donors (Lipinski definition) is 1. The Morgan fingerprint density at radius 1 is 1.80 bits per heavy atom. The minimum Gasteiger partial charge on any atom is -0.273 e. The highest BCUT2D eigenvalue weighted by Crippen LogP contribution is 1.78. The normalized spacial score (nSPS) is 9.30. The molecule has 1 N–H and O–H groups in total. The van der Waals surface area contributed by atoms with Gasteiger partial charge in [0.25, 0.3) is 0 Å². The lowest BCUT2D eigenvalue weighted by Crippen LogP contribution is -2.22. The molecule has 1 rings (SSSR count). The lowest BCUT2D eigenvalue weighted by atomic mass is 10.5. The molecule has 0 aliphatic carbocycles. The van der Waals surface area contributed by atoms with Gasteiger partial charge in [0.15, 0.2) is 0 Å². The summed E-state index contributed by atoms with van der Waals surface area (Å²) in [6.45, 7) is 1.77. The Labute approximate surface area is 58.0 Å². The first-order valence-corrected chi connectivity index (χ1v) is 2.99. The van der Waals surface area contributed by atoms with Gasteiger partial charge in [-0.05, 0) is 5.21 Å². The van der Waals surface area contributed by atoms with E-state index in [2.05, 4.69) is 15.7 Å². The Morgan fingerprint density at radius 3 is 3.10 bits per heavy atom. The number of hydrogen-bond acceptors (Lipinski definition) is 3. The van der Waals surface area contributed by atoms with Crippen LogP contribution in [-0.4, -0.2) is 21.0 Å². The first-order valence-electron chi connectivity index (χ1n) is 2.99. The van der Waals surface area contributed by atoms with Gasteiger partial charge in [-0.15, -0.1) is 5.10 Å². The number of nitrogens with zero attached hydrogens (tertiary/aromatic N) is 3. The smallest absolute Gasteiger partial charge is 0.239 e. The van der Waals surface area contributed by atoms with E-state index in [1.54, 1.807) is 13.1 Å². The zero-order valence-corrected chi connectivity index (χ0v) is 5.61. The standard InChI is InChI=1S/C5H8N4O/c1-2-5(10)7-9-4-3-6-8-9/h3-4H,2H2,1H3,(H,7,10). The van der Waals surface area contributed by atoms with E-state index in [0.717, 1.165) is 0 Å². The molecule has 1 amide bonds. The SMILES string of the molecule is CCC(=O)Nn1ccnn1. The molecule has 0 aromatic carbocycles. The number of rotatable bonds is 2. The van der Waals surface area contributed by atoms with Crippen molar-refractivity contribution in [1.29, 1.82) is 0 Å². The third-order valence-corrected chi connectivity index (χ3v) is 0.983. The minimum absolute atomic E-state index is 0.0782. The van der Waals surface area contributed by atoms with Crippen LogP contribution in [0.1, 0.15) is 13.3 Å². The third kappa shape index (κ3) is 1.54. The molecule has 0 spiro atoms. The van der Waals surface area contributed by atoms with Crippen LogP contribution >= 0.6 is 0 Å². The highest BCUT2D eigenvalue weighted by Gasteiger charge is 1.95. The molecule has 1 heterocycles. The number of nitrogens with one attached hydrogen (secondary N) is 1. The molecule has 0 aliphatic rings. The molecule has 0 aliphatic heterocycles. The molecule has 0 atom stereocenters. The Morgan fingerprint density at radius 2 is 2.60 bits per heavy atom. The maximum atomic E-state index is 10.7. The molecule has 0 unspecified atom stereocenters. The van der Waals surface area contributed by atoms with Crippen LogP contribution in [0.3, 0.4) is 0 Å². The molecule has 0 fully saturated rings. The van der Waals surface area contributed by atoms with E-state index in [-0.39, 0.29) is 5.91 Å². The summed E-state index contributed by atoms with van der Waals surface area (Å²) >= 11 is 0. The lowest BCUT2D eigenvalue weighted by molar-refractivity contribution is -0.116. The van der Waals surface area contributed by atoms with Gasteiger partial charge in [-0.1, -0.05) is 6.92 Å². The largest absolute Gasteiger partial charge is 0.273 e. The summed E-state index contributed by atoms with van der Waals surface area (Å²) in [6, 6.07) is 0. The molecule has 0 bridgehead atoms. The van der Waals surface area contributed by atoms with Gasteiger partial charge in [0.1, 0.15) is 0 Å². The predicted octanol–water partition coefficient (Wildman–Crippen LogP) is -0.242. The van der Waals surface area contributed by atoms with E-state index in [9.17, 15) is 4.79 Å². The first-order chi connectivity index (χ1) is 4.83. The molecular formula is C5H8N4O. The van der Waals surface area contributed by atoms with E-state index >= 15 is 0 Å². The van der Waals surface area contributed by atoms with Crippen molar-refractivity contribution >= 4 is 5.91 Å². The topological polar surface area (TPSA) is 59.8 Å². The van der Waals surface area contributed by atoms with Gasteiger partial charge in [0, 0.05) is 6.42 Å². The number of carbonyl (C=O) groups excluding carboxylic acids is 1. The first kappa shape index (κ1) is 6.73. The fourth-order valence-corrected chi connectivity index (χ4v) is 0.475. The Kier molecular flexibility index (Phi) is 1.99. The lowest BCUT2D eigenvalue weighted by Gasteiger charge is -1.98. The molecule has 5 nitrogen and oxygen atoms in total. The van der Waals surface area contributed by atoms with Crippen LogP contribution in [0.2, 0.25) is 0 Å². The van der Waals surface area contributed by atoms with Crippen molar-refractivity contribution in [1.82, 2.24) is 15.1 Å². The quantitative estimate of drug-likeness (QED) is 0.616. The van der Waals surface area contributed by atoms with Crippen molar-refractivity contribution in [2.45, 2.75) is 13.3 Å². The van der Waals surface area contributed by atoms with Gasteiger partial charge in [-0.2, -0.15) is 4.79 Å². The highest BCUT2D eigenvalue weighted by atomic mass is 16.2. The Hall–Kier alpha value is -1.39. The van der Waals surface area contributed by atoms with Crippen molar-refractivity contribution < 1.29 is 4.79 Å². The van der Waals surface area contributed by atoms with Crippen LogP contribution in [0.4, 0.5) is 0 Å². The van der Waals surface area contributed by atoms with Gasteiger partial charge >= 0.3 is 0 Å². The number of amides is 1. The molecule has 54 valence electrons. The number of carbonyl (C=O) groups is 1. The van der Waals surface area contributed by atoms with E-state index in [0.29, 0.717) is 6.42 Å². The Bertz CT molecular complexity index is 205. The molecule has 0 saturated carbocycles. The summed E-state index contributed by atoms with van der Waals surface area (Å²) in [7, 11) is 0. The van der Waals surface area contributed by atoms with Crippen LogP contribution in [0.25, 0.3) is 0 Å². The predicted molar refractivity (Wildman–Crippen MR) is 34.7 cm³/mol. The molecular weight excluding hydrogens is 132 g/mol. The highest BCUT2D eigenvalue weighted by molar-refractivity contribution is 5.82. The maximum absolute atomic E-state index is 10.7. The average Bonchev–Trinajstić information content (AvgIpc) is 2.40. The zero-order chi connectivity index (χ0) is 7.40. The van der Waals surface area contributed by atoms with Crippen molar-refractivity contribution in [2.75, 3.05) is 5.43 Å². The van der Waals surface area contributed by atoms with Crippen LogP contribution in [0.15, 0.2) is 12.4 Å². The second-order valence-electron chi connectivity index (χ2n) is 1.74. The summed E-state index contributed by atoms with van der Waals surface area (Å²) in [6.07, 6.45) is 3.50. The van der Waals surface area contributed by atoms with E-state index in [4.69, 9.17) is 0 Å². The fraction of sp³-hybridized carbons (Fsp3) is 0.400. The molecule has 1 aromatic rings. The molecule has 5 heteroatoms. The summed E-state index contributed by atoms with van der Waals surface area (Å²) in [5.74, 6) is -0.0782. The summed E-state index contributed by atoms with van der Waals surface area (Å²) in [5, 5.41) is 7.05. The average molecular weight is 140 g/mol. The zero-order valence-electron chi connectivity index (χ0n) is 5.61. The van der Waals surface area contributed by atoms with Crippen LogP contribution in [0, 0.1) is 0 Å². The summed E-state index contributed by atoms with van der Waals surface area (Å²) in [5.41, 5.74) is 2.48. The van der Waals surface area contributed by atoms with Crippen molar-refractivity contribution in [3.8, 4) is 0 Å². The van der Waals surface area contributed by atoms with Gasteiger partial charge in [-0.3, -0.25) is 4.79 Å². The number of aromatic nitrogens is 3. The molecule has 1 aromatic heterocycles. The third-order valence-electron chi connectivity index (χ3n) is 0.983. The summed E-state index contributed by atoms with van der Waals surface area (Å²) in [4.78, 5) is 11.9. The van der Waals surface area contributed by atoms with E-state index in [1.807, 2.05) is 0 Å². The van der Waals surface area contributed by atoms with Crippen LogP contribution < -0.4 is 5.43 Å². The van der Waals surface area contributed by atoms with Gasteiger partial charge in [0.2, 0.25) is 5.91 Å². The second-order valence-corrected chi connectivity index (χ2v) is 1.74. The molecule has 0 radical (unpaired) electrons. The monoisotopic (exact) mass is 140 g/mol. The van der Waals surface area contributed by atoms with E-state index < -0.39 is 0 Å². The maximum Gasteiger partial charge on any atom is 0.239 e. The van der Waals surface area contributed by atoms with Crippen molar-refractivity contribution in [3.05, 3.63) is 12.4 Å². The Balaban J connectivity index is 2.48. The van der Waals surface area contributed by atoms with Crippen molar-refractivity contribution in [2.24, 2.45) is 0 Å². The fourth-order valence-electron chi connectivity index (χ4n) is 0.475. The minimum atomic E-state index is -0.0782. The van der Waals surface area contributed by atoms with Crippen molar-refractivity contribution in [3.63, 3.8) is 0 Å². The van der Waals surface area contributed by atoms with Gasteiger partial charge in [0.05, 0.1) is 12.4 Å². The van der Waals surface area contributed by atoms with Gasteiger partial charge in [-0.25, -0.2) is 5.43 Å². The van der Waals surface area contributed by atoms with Gasteiger partial charge < -0.3 is 0 Å².